The molecule has 0 saturated carbocycles. The molecule has 4 nitrogen and oxygen atoms in total. The van der Waals surface area contributed by atoms with E-state index < -0.39 is 0 Å². The van der Waals surface area contributed by atoms with Gasteiger partial charge in [0.25, 0.3) is 0 Å². The predicted molar refractivity (Wildman–Crippen MR) is 92.8 cm³/mol. The molecule has 3 aromatic rings. The first-order valence-corrected chi connectivity index (χ1v) is 7.20. The second kappa shape index (κ2) is 5.95. The van der Waals surface area contributed by atoms with Crippen molar-refractivity contribution in [2.24, 2.45) is 5.73 Å². The number of nitrogens with two attached hydrogens (primary N) is 1. The second-order valence-corrected chi connectivity index (χ2v) is 5.09. The van der Waals surface area contributed by atoms with Crippen LogP contribution in [0.4, 0.5) is 17.1 Å². The van der Waals surface area contributed by atoms with Crippen molar-refractivity contribution in [2.75, 3.05) is 23.9 Å². The molecule has 0 heterocycles. The molecule has 0 fully saturated rings. The van der Waals surface area contributed by atoms with Gasteiger partial charge in [-0.05, 0) is 35.0 Å². The van der Waals surface area contributed by atoms with Gasteiger partial charge in [-0.2, -0.15) is 0 Å². The Morgan fingerprint density at radius 1 is 1.00 bits per heavy atom. The summed E-state index contributed by atoms with van der Waals surface area (Å²) in [6.45, 7) is 0.345. The topological polar surface area (TPSA) is 61.5 Å². The molecule has 0 spiro atoms. The van der Waals surface area contributed by atoms with Crippen molar-refractivity contribution in [1.82, 2.24) is 0 Å². The monoisotopic (exact) mass is 293 g/mol. The van der Waals surface area contributed by atoms with Crippen LogP contribution >= 0.6 is 0 Å². The van der Waals surface area contributed by atoms with Crippen LogP contribution < -0.4 is 16.0 Å². The Hall–Kier alpha value is -2.72. The van der Waals surface area contributed by atoms with Crippen LogP contribution in [0.15, 0.2) is 60.7 Å². The van der Waals surface area contributed by atoms with Crippen LogP contribution in [0.3, 0.4) is 0 Å². The summed E-state index contributed by atoms with van der Waals surface area (Å²) in [6, 6.07) is 19.7. The van der Waals surface area contributed by atoms with Crippen LogP contribution in [0.2, 0.25) is 0 Å². The third-order valence-corrected chi connectivity index (χ3v) is 3.77. The standard InChI is InChI=1S/C18H19N3O/c1-20-17-11-16(22)8-9-18(17)21(12-19)15-7-6-13-4-2-3-5-14(13)10-15/h2-11,20,22H,12,19H2,1H3. The lowest BCUT2D eigenvalue weighted by Gasteiger charge is -2.26. The van der Waals surface area contributed by atoms with Crippen molar-refractivity contribution in [3.05, 3.63) is 60.7 Å². The molecule has 3 rings (SSSR count). The molecule has 0 atom stereocenters. The van der Waals surface area contributed by atoms with E-state index >= 15 is 0 Å². The summed E-state index contributed by atoms with van der Waals surface area (Å²) in [5.74, 6) is 0.226. The van der Waals surface area contributed by atoms with E-state index in [9.17, 15) is 5.11 Å². The van der Waals surface area contributed by atoms with Gasteiger partial charge in [-0.3, -0.25) is 0 Å². The summed E-state index contributed by atoms with van der Waals surface area (Å²) in [5, 5.41) is 15.1. The van der Waals surface area contributed by atoms with E-state index in [1.165, 1.54) is 10.8 Å². The van der Waals surface area contributed by atoms with Crippen molar-refractivity contribution < 1.29 is 5.11 Å². The molecule has 4 N–H and O–H groups in total. The molecule has 0 aromatic heterocycles. The van der Waals surface area contributed by atoms with Crippen LogP contribution in [0.25, 0.3) is 10.8 Å². The molecule has 0 bridgehead atoms. The average Bonchev–Trinajstić information content (AvgIpc) is 2.56. The highest BCUT2D eigenvalue weighted by Gasteiger charge is 2.12. The Morgan fingerprint density at radius 2 is 1.77 bits per heavy atom. The summed E-state index contributed by atoms with van der Waals surface area (Å²) < 4.78 is 0. The molecule has 0 amide bonds. The molecular formula is C18H19N3O. The maximum atomic E-state index is 9.65. The quantitative estimate of drug-likeness (QED) is 0.643. The highest BCUT2D eigenvalue weighted by Crippen LogP contribution is 2.34. The van der Waals surface area contributed by atoms with Gasteiger partial charge < -0.3 is 21.1 Å². The number of hydrogen-bond acceptors (Lipinski definition) is 4. The van der Waals surface area contributed by atoms with Gasteiger partial charge in [0.05, 0.1) is 18.0 Å². The Kier molecular flexibility index (Phi) is 3.85. The summed E-state index contributed by atoms with van der Waals surface area (Å²) in [7, 11) is 1.83. The van der Waals surface area contributed by atoms with Crippen LogP contribution in [-0.2, 0) is 0 Å². The van der Waals surface area contributed by atoms with Crippen LogP contribution in [0.1, 0.15) is 0 Å². The molecule has 0 aliphatic heterocycles. The number of nitrogens with one attached hydrogen (secondary N) is 1. The van der Waals surface area contributed by atoms with Crippen molar-refractivity contribution >= 4 is 27.8 Å². The smallest absolute Gasteiger partial charge is 0.117 e. The van der Waals surface area contributed by atoms with Gasteiger partial charge in [-0.1, -0.05) is 30.3 Å². The van der Waals surface area contributed by atoms with E-state index in [0.29, 0.717) is 6.67 Å². The highest BCUT2D eigenvalue weighted by molar-refractivity contribution is 5.88. The minimum Gasteiger partial charge on any atom is -0.508 e. The normalized spacial score (nSPS) is 10.6. The van der Waals surface area contributed by atoms with Gasteiger partial charge >= 0.3 is 0 Å². The molecule has 22 heavy (non-hydrogen) atoms. The molecular weight excluding hydrogens is 274 g/mol. The number of nitrogens with zero attached hydrogens (tertiary/aromatic N) is 1. The number of anilines is 3. The number of rotatable bonds is 4. The van der Waals surface area contributed by atoms with Gasteiger partial charge in [0.2, 0.25) is 0 Å². The molecule has 112 valence electrons. The number of benzene rings is 3. The van der Waals surface area contributed by atoms with Crippen LogP contribution in [-0.4, -0.2) is 18.8 Å². The Labute approximate surface area is 129 Å². The second-order valence-electron chi connectivity index (χ2n) is 5.09. The third kappa shape index (κ3) is 2.56. The lowest BCUT2D eigenvalue weighted by atomic mass is 10.1. The lowest BCUT2D eigenvalue weighted by Crippen LogP contribution is -2.25. The van der Waals surface area contributed by atoms with Gasteiger partial charge in [-0.25, -0.2) is 0 Å². The molecule has 0 radical (unpaired) electrons. The number of phenolic OH excluding ortho intramolecular Hbond substituents is 1. The fourth-order valence-corrected chi connectivity index (χ4v) is 2.65. The highest BCUT2D eigenvalue weighted by atomic mass is 16.3. The summed E-state index contributed by atoms with van der Waals surface area (Å²) in [5.41, 5.74) is 8.76. The van der Waals surface area contributed by atoms with E-state index in [-0.39, 0.29) is 5.75 Å². The van der Waals surface area contributed by atoms with Crippen molar-refractivity contribution in [2.45, 2.75) is 0 Å². The van der Waals surface area contributed by atoms with E-state index in [1.54, 1.807) is 12.1 Å². The minimum atomic E-state index is 0.226. The molecule has 0 aliphatic rings. The number of hydrogen-bond donors (Lipinski definition) is 3. The minimum absolute atomic E-state index is 0.226. The van der Waals surface area contributed by atoms with Crippen LogP contribution in [0.5, 0.6) is 5.75 Å². The maximum absolute atomic E-state index is 9.65. The van der Waals surface area contributed by atoms with Crippen molar-refractivity contribution in [3.63, 3.8) is 0 Å². The predicted octanol–water partition coefficient (Wildman–Crippen LogP) is 3.64. The first kappa shape index (κ1) is 14.2. The van der Waals surface area contributed by atoms with Gasteiger partial charge in [0.15, 0.2) is 0 Å². The van der Waals surface area contributed by atoms with Crippen molar-refractivity contribution in [3.8, 4) is 5.75 Å². The summed E-state index contributed by atoms with van der Waals surface area (Å²) in [6.07, 6.45) is 0. The summed E-state index contributed by atoms with van der Waals surface area (Å²) in [4.78, 5) is 2.01. The van der Waals surface area contributed by atoms with E-state index in [4.69, 9.17) is 5.73 Å². The van der Waals surface area contributed by atoms with E-state index in [0.717, 1.165) is 17.1 Å². The first-order chi connectivity index (χ1) is 10.7. The zero-order valence-corrected chi connectivity index (χ0v) is 12.5. The molecule has 4 heteroatoms. The molecule has 0 aliphatic carbocycles. The van der Waals surface area contributed by atoms with Crippen molar-refractivity contribution in [1.29, 1.82) is 0 Å². The van der Waals surface area contributed by atoms with Gasteiger partial charge in [0, 0.05) is 18.8 Å². The maximum Gasteiger partial charge on any atom is 0.117 e. The average molecular weight is 293 g/mol. The van der Waals surface area contributed by atoms with E-state index in [1.807, 2.05) is 30.1 Å². The lowest BCUT2D eigenvalue weighted by molar-refractivity contribution is 0.475. The summed E-state index contributed by atoms with van der Waals surface area (Å²) >= 11 is 0. The largest absolute Gasteiger partial charge is 0.508 e. The van der Waals surface area contributed by atoms with Gasteiger partial charge in [-0.15, -0.1) is 0 Å². The first-order valence-electron chi connectivity index (χ1n) is 7.20. The Morgan fingerprint density at radius 3 is 2.50 bits per heavy atom. The van der Waals surface area contributed by atoms with E-state index in [2.05, 4.69) is 35.6 Å². The fourth-order valence-electron chi connectivity index (χ4n) is 2.65. The van der Waals surface area contributed by atoms with Gasteiger partial charge in [0.1, 0.15) is 5.75 Å². The SMILES string of the molecule is CNc1cc(O)ccc1N(CN)c1ccc2ccccc2c1. The molecule has 3 aromatic carbocycles. The zero-order valence-electron chi connectivity index (χ0n) is 12.5. The fraction of sp³-hybridized carbons (Fsp3) is 0.111. The third-order valence-electron chi connectivity index (χ3n) is 3.77. The number of aromatic hydroxyl groups is 1. The molecule has 0 saturated heterocycles. The Bertz CT molecular complexity index is 801. The Balaban J connectivity index is 2.09. The molecule has 0 unspecified atom stereocenters. The number of phenols is 1. The van der Waals surface area contributed by atoms with Crippen LogP contribution in [0, 0.1) is 0 Å². The zero-order chi connectivity index (χ0) is 15.5. The number of fused-ring (bicyclic) bond motifs is 1.